The first kappa shape index (κ1) is 52.9. The second-order valence-corrected chi connectivity index (χ2v) is 29.3. The Kier molecular flexibility index (Phi) is 15.6. The molecule has 0 radical (unpaired) electrons. The average Bonchev–Trinajstić information content (AvgIpc) is 0.776. The van der Waals surface area contributed by atoms with E-state index in [0.29, 0.717) is 33.6 Å². The molecular formula is C83H75Br3IrN3. The van der Waals surface area contributed by atoms with Crippen molar-refractivity contribution in [1.29, 1.82) is 0 Å². The number of hydrogen-bond donors (Lipinski definition) is 0. The van der Waals surface area contributed by atoms with Crippen molar-refractivity contribution in [3.05, 3.63) is 276 Å². The normalized spacial score (nSPS) is 16.9. The maximum absolute atomic E-state index is 8.70. The molecule has 7 heteroatoms. The van der Waals surface area contributed by atoms with Crippen LogP contribution < -0.4 is 0 Å². The molecule has 90 heavy (non-hydrogen) atoms. The molecule has 3 heterocycles. The molecule has 2 unspecified atom stereocenters. The van der Waals surface area contributed by atoms with Gasteiger partial charge in [0, 0.05) is 29.7 Å². The van der Waals surface area contributed by atoms with E-state index < -0.39 is 36.3 Å². The molecule has 0 N–H and O–H groups in total. The Balaban J connectivity index is 0.0000101. The van der Waals surface area contributed by atoms with E-state index in [1.54, 1.807) is 12.4 Å². The third kappa shape index (κ3) is 13.7. The van der Waals surface area contributed by atoms with E-state index in [1.165, 1.54) is 33.4 Å². The predicted molar refractivity (Wildman–Crippen MR) is 383 cm³/mol. The van der Waals surface area contributed by atoms with Crippen molar-refractivity contribution in [3.63, 3.8) is 0 Å². The van der Waals surface area contributed by atoms with Crippen molar-refractivity contribution < 1.29 is 33.8 Å². The van der Waals surface area contributed by atoms with Crippen LogP contribution in [0.25, 0.3) is 89.4 Å². The van der Waals surface area contributed by atoms with Crippen LogP contribution in [0.1, 0.15) is 158 Å². The minimum Gasteiger partial charge on any atom is -0.305 e. The van der Waals surface area contributed by atoms with Gasteiger partial charge in [0.05, 0.1) is 13.7 Å². The number of nitrogens with zero attached hydrogens (tertiary/aromatic N) is 3. The van der Waals surface area contributed by atoms with Gasteiger partial charge in [0.25, 0.3) is 0 Å². The molecule has 2 atom stereocenters. The minimum absolute atomic E-state index is 0. The average molecular weight is 1560 g/mol. The largest absolute Gasteiger partial charge is 3.00 e. The SMILES string of the molecule is [2H]c1c([2H])c([2H])c(-c2cnc(-c3[c-]cc(-c4cc(C(C)(C)C)ccc4C4CC(c5ccccc5-c5c[c-]c(-c6cc(C(C)(C)C)ccn6)cc5Br)CC(c5ccc(C(C)(C)C)cc5-c5c[c-]c(-c6cc(C)c(-c7c([2H])c([2H])c([2H])c([2H])c7[2H])cn6)cc5Br)C4)c(Br)c3)cc2C)c([2H])c1[2H].[Ir+3]. The number of hydrogen-bond acceptors (Lipinski definition) is 3. The van der Waals surface area contributed by atoms with E-state index >= 15 is 0 Å². The molecular weight excluding hydrogens is 1470 g/mol. The van der Waals surface area contributed by atoms with Crippen molar-refractivity contribution in [3.8, 4) is 89.4 Å². The first-order valence-electron chi connectivity index (χ1n) is 35.3. The minimum atomic E-state index is -0.440. The van der Waals surface area contributed by atoms with E-state index in [9.17, 15) is 0 Å². The summed E-state index contributed by atoms with van der Waals surface area (Å²) in [5.74, 6) is 0.157. The van der Waals surface area contributed by atoms with Gasteiger partial charge >= 0.3 is 20.1 Å². The zero-order valence-corrected chi connectivity index (χ0v) is 59.6. The van der Waals surface area contributed by atoms with E-state index in [0.717, 1.165) is 88.4 Å². The summed E-state index contributed by atoms with van der Waals surface area (Å²) >= 11 is 12.3. The topological polar surface area (TPSA) is 38.7 Å². The molecule has 0 aliphatic heterocycles. The molecule has 12 rings (SSSR count). The third-order valence-electron chi connectivity index (χ3n) is 17.6. The Morgan fingerprint density at radius 3 is 1.16 bits per heavy atom. The Hall–Kier alpha value is -6.70. The fourth-order valence-corrected chi connectivity index (χ4v) is 14.3. The molecule has 3 nitrogen and oxygen atoms in total. The van der Waals surface area contributed by atoms with Gasteiger partial charge in [-0.15, -0.1) is 71.3 Å². The zero-order chi connectivity index (χ0) is 71.2. The van der Waals surface area contributed by atoms with Crippen LogP contribution in [0.15, 0.2) is 214 Å². The smallest absolute Gasteiger partial charge is 0.305 e. The Labute approximate surface area is 587 Å². The van der Waals surface area contributed by atoms with Gasteiger partial charge in [0.15, 0.2) is 0 Å². The molecule has 3 aromatic heterocycles. The Bertz CT molecular complexity index is 4780. The van der Waals surface area contributed by atoms with Crippen LogP contribution in [-0.4, -0.2) is 15.0 Å². The second-order valence-electron chi connectivity index (χ2n) is 26.8. The Morgan fingerprint density at radius 2 is 0.767 bits per heavy atom. The van der Waals surface area contributed by atoms with E-state index in [-0.39, 0.29) is 89.4 Å². The van der Waals surface area contributed by atoms with Crippen LogP contribution in [0.3, 0.4) is 0 Å². The van der Waals surface area contributed by atoms with Crippen molar-refractivity contribution in [2.45, 2.75) is 129 Å². The van der Waals surface area contributed by atoms with E-state index in [1.807, 2.05) is 32.2 Å². The van der Waals surface area contributed by atoms with Gasteiger partial charge in [0.2, 0.25) is 0 Å². The zero-order valence-electron chi connectivity index (χ0n) is 62.4. The van der Waals surface area contributed by atoms with Crippen LogP contribution in [-0.2, 0) is 36.4 Å². The fraction of sp³-hybridized carbons (Fsp3) is 0.241. The molecule has 1 aliphatic rings. The first-order valence-corrected chi connectivity index (χ1v) is 32.7. The molecule has 452 valence electrons. The molecule has 1 aliphatic carbocycles. The summed E-state index contributed by atoms with van der Waals surface area (Å²) in [6, 6.07) is 50.8. The van der Waals surface area contributed by atoms with E-state index in [4.69, 9.17) is 28.7 Å². The van der Waals surface area contributed by atoms with Gasteiger partial charge < -0.3 is 15.0 Å². The Morgan fingerprint density at radius 1 is 0.400 bits per heavy atom. The van der Waals surface area contributed by atoms with Gasteiger partial charge in [-0.2, -0.15) is 0 Å². The molecule has 11 aromatic rings. The number of rotatable bonds is 11. The third-order valence-corrected chi connectivity index (χ3v) is 19.6. The molecule has 8 aromatic carbocycles. The number of aromatic nitrogens is 3. The molecule has 0 bridgehead atoms. The molecule has 0 amide bonds. The van der Waals surface area contributed by atoms with Crippen molar-refractivity contribution in [2.24, 2.45) is 0 Å². The summed E-state index contributed by atoms with van der Waals surface area (Å²) in [4.78, 5) is 14.5. The van der Waals surface area contributed by atoms with Crippen molar-refractivity contribution in [2.75, 3.05) is 0 Å². The monoisotopic (exact) mass is 1550 g/mol. The maximum Gasteiger partial charge on any atom is 3.00 e. The first-order chi connectivity index (χ1) is 46.7. The van der Waals surface area contributed by atoms with E-state index in [2.05, 4.69) is 237 Å². The fourth-order valence-electron chi connectivity index (χ4n) is 12.6. The summed E-state index contributed by atoms with van der Waals surface area (Å²) < 4.78 is 87.2. The maximum atomic E-state index is 8.70. The van der Waals surface area contributed by atoms with Gasteiger partial charge in [-0.3, -0.25) is 0 Å². The number of halogens is 3. The molecule has 0 saturated heterocycles. The molecule has 1 saturated carbocycles. The summed E-state index contributed by atoms with van der Waals surface area (Å²) in [5.41, 5.74) is 20.3. The van der Waals surface area contributed by atoms with Crippen LogP contribution in [0.2, 0.25) is 0 Å². The van der Waals surface area contributed by atoms with Crippen LogP contribution in [0, 0.1) is 32.0 Å². The van der Waals surface area contributed by atoms with Crippen molar-refractivity contribution in [1.82, 2.24) is 15.0 Å². The standard InChI is InChI=1S/C83H75Br3N3.Ir/c1-51-38-78(88-49-73(51)53-20-14-12-15-21-53)55-27-32-69(76(85)43-55)71-46-61(81(3,4)5)29-34-65(71)59-40-58(64-24-18-19-25-67(64)68-31-26-57(45-75(68)84)80-48-63(36-37-87-80)83(9,10)11)41-60(42-59)66-35-30-62(82(6,7)8)47-72(66)70-33-28-56(44-77(70)86)79-39-52(2)74(50-89-79)54-22-16-13-17-23-54;/h12-25,29-39,43-50,58-60H,40-42H2,1-11H3;/q-3;+3/i12D,13D,14D,15D,16D,17D,20D,21D,22D,23D;. The van der Waals surface area contributed by atoms with Crippen LogP contribution in [0.5, 0.6) is 0 Å². The predicted octanol–water partition coefficient (Wildman–Crippen LogP) is 24.2. The number of aryl methyl sites for hydroxylation is 2. The summed E-state index contributed by atoms with van der Waals surface area (Å²) in [7, 11) is 0. The van der Waals surface area contributed by atoms with Gasteiger partial charge in [-0.25, -0.2) is 0 Å². The van der Waals surface area contributed by atoms with Crippen LogP contribution >= 0.6 is 47.8 Å². The second kappa shape index (κ2) is 26.5. The summed E-state index contributed by atoms with van der Waals surface area (Å²) in [6.45, 7) is 23.8. The van der Waals surface area contributed by atoms with Gasteiger partial charge in [-0.05, 0) is 146 Å². The van der Waals surface area contributed by atoms with Crippen LogP contribution in [0.4, 0.5) is 0 Å². The number of pyridine rings is 3. The van der Waals surface area contributed by atoms with Gasteiger partial charge in [-0.1, -0.05) is 296 Å². The summed E-state index contributed by atoms with van der Waals surface area (Å²) in [5, 5.41) is 0. The number of benzene rings is 8. The van der Waals surface area contributed by atoms with Gasteiger partial charge in [0.1, 0.15) is 0 Å². The molecule has 0 spiro atoms. The molecule has 1 fully saturated rings. The van der Waals surface area contributed by atoms with Crippen molar-refractivity contribution >= 4 is 47.8 Å². The quantitative estimate of drug-likeness (QED) is 0.121. The summed E-state index contributed by atoms with van der Waals surface area (Å²) in [6.07, 6.45) is 7.61.